The second-order valence-corrected chi connectivity index (χ2v) is 7.79. The van der Waals surface area contributed by atoms with Crippen LogP contribution in [0.3, 0.4) is 0 Å². The predicted molar refractivity (Wildman–Crippen MR) is 82.4 cm³/mol. The van der Waals surface area contributed by atoms with E-state index in [-0.39, 0.29) is 5.09 Å². The summed E-state index contributed by atoms with van der Waals surface area (Å²) in [6.07, 6.45) is 5.94. The molecule has 120 valence electrons. The Morgan fingerprint density at radius 1 is 1.29 bits per heavy atom. The Morgan fingerprint density at radius 2 is 2.00 bits per heavy atom. The molecule has 0 spiro atoms. The minimum absolute atomic E-state index is 0.00878. The monoisotopic (exact) mass is 314 g/mol. The molecule has 0 saturated heterocycles. The summed E-state index contributed by atoms with van der Waals surface area (Å²) >= 11 is 0. The van der Waals surface area contributed by atoms with Gasteiger partial charge in [-0.3, -0.25) is 0 Å². The second kappa shape index (κ2) is 7.42. The van der Waals surface area contributed by atoms with Crippen LogP contribution in [0.5, 0.6) is 0 Å². The maximum Gasteiger partial charge on any atom is 0.273 e. The summed E-state index contributed by atoms with van der Waals surface area (Å²) in [7, 11) is -3.51. The summed E-state index contributed by atoms with van der Waals surface area (Å²) in [5, 5.41) is 3.21. The first kappa shape index (κ1) is 16.5. The topological polar surface area (TPSA) is 71.3 Å². The Bertz CT molecular complexity index is 531. The number of nitrogens with one attached hydrogen (secondary N) is 2. The molecule has 1 aliphatic rings. The molecule has 1 aromatic rings. The fraction of sp³-hybridized carbons (Fsp3) is 0.733. The molecule has 1 saturated carbocycles. The average Bonchev–Trinajstić information content (AvgIpc) is 3.07. The van der Waals surface area contributed by atoms with Crippen LogP contribution in [0, 0.1) is 5.92 Å². The molecule has 0 aliphatic heterocycles. The van der Waals surface area contributed by atoms with Gasteiger partial charge in [0.05, 0.1) is 6.54 Å². The minimum Gasteiger partial charge on any atom is -0.447 e. The van der Waals surface area contributed by atoms with E-state index in [4.69, 9.17) is 4.42 Å². The molecular formula is C15H26N2O3S. The molecule has 0 unspecified atom stereocenters. The Morgan fingerprint density at radius 3 is 2.67 bits per heavy atom. The zero-order valence-corrected chi connectivity index (χ0v) is 13.7. The lowest BCUT2D eigenvalue weighted by atomic mass is 10.1. The lowest BCUT2D eigenvalue weighted by Crippen LogP contribution is -2.25. The van der Waals surface area contributed by atoms with E-state index in [1.165, 1.54) is 31.7 Å². The van der Waals surface area contributed by atoms with Gasteiger partial charge in [0, 0.05) is 12.6 Å². The maximum absolute atomic E-state index is 12.1. The van der Waals surface area contributed by atoms with Crippen molar-refractivity contribution < 1.29 is 12.8 Å². The molecular weight excluding hydrogens is 288 g/mol. The van der Waals surface area contributed by atoms with E-state index in [1.807, 2.05) is 13.8 Å². The molecule has 6 heteroatoms. The highest BCUT2D eigenvalue weighted by Crippen LogP contribution is 2.27. The molecule has 1 aromatic heterocycles. The Balaban J connectivity index is 1.83. The lowest BCUT2D eigenvalue weighted by Gasteiger charge is -2.09. The zero-order chi connectivity index (χ0) is 15.3. The number of hydrogen-bond acceptors (Lipinski definition) is 4. The van der Waals surface area contributed by atoms with Gasteiger partial charge in [0.1, 0.15) is 5.76 Å². The fourth-order valence-corrected chi connectivity index (χ4v) is 3.66. The van der Waals surface area contributed by atoms with Gasteiger partial charge in [-0.25, -0.2) is 13.1 Å². The van der Waals surface area contributed by atoms with Crippen LogP contribution in [0.1, 0.15) is 51.7 Å². The van der Waals surface area contributed by atoms with Crippen LogP contribution in [0.2, 0.25) is 0 Å². The highest BCUT2D eigenvalue weighted by Gasteiger charge is 2.20. The van der Waals surface area contributed by atoms with Crippen LogP contribution in [-0.4, -0.2) is 21.0 Å². The van der Waals surface area contributed by atoms with Crippen molar-refractivity contribution in [3.8, 4) is 0 Å². The molecule has 1 heterocycles. The first-order valence-electron chi connectivity index (χ1n) is 7.79. The van der Waals surface area contributed by atoms with Crippen LogP contribution < -0.4 is 10.0 Å². The number of rotatable bonds is 8. The molecule has 2 N–H and O–H groups in total. The van der Waals surface area contributed by atoms with Gasteiger partial charge in [-0.2, -0.15) is 0 Å². The van der Waals surface area contributed by atoms with Gasteiger partial charge in [0.15, 0.2) is 0 Å². The van der Waals surface area contributed by atoms with E-state index in [2.05, 4.69) is 10.0 Å². The SMILES string of the molecule is CC(C)NCc1ccc(S(=O)(=O)NCCC2CCCC2)o1. The molecule has 21 heavy (non-hydrogen) atoms. The van der Waals surface area contributed by atoms with Gasteiger partial charge < -0.3 is 9.73 Å². The Hall–Kier alpha value is -0.850. The summed E-state index contributed by atoms with van der Waals surface area (Å²) in [4.78, 5) is 0. The lowest BCUT2D eigenvalue weighted by molar-refractivity contribution is 0.392. The summed E-state index contributed by atoms with van der Waals surface area (Å²) in [6, 6.07) is 3.57. The smallest absolute Gasteiger partial charge is 0.273 e. The third-order valence-electron chi connectivity index (χ3n) is 3.91. The van der Waals surface area contributed by atoms with Gasteiger partial charge in [-0.05, 0) is 24.5 Å². The third-order valence-corrected chi connectivity index (χ3v) is 5.24. The molecule has 0 aromatic carbocycles. The highest BCUT2D eigenvalue weighted by atomic mass is 32.2. The van der Waals surface area contributed by atoms with Crippen molar-refractivity contribution in [2.45, 2.75) is 63.6 Å². The highest BCUT2D eigenvalue weighted by molar-refractivity contribution is 7.89. The molecule has 1 aliphatic carbocycles. The van der Waals surface area contributed by atoms with Crippen molar-refractivity contribution in [3.05, 3.63) is 17.9 Å². The average molecular weight is 314 g/mol. The first-order valence-corrected chi connectivity index (χ1v) is 9.27. The van der Waals surface area contributed by atoms with E-state index in [9.17, 15) is 8.42 Å². The molecule has 0 atom stereocenters. The van der Waals surface area contributed by atoms with Crippen LogP contribution in [0.25, 0.3) is 0 Å². The van der Waals surface area contributed by atoms with E-state index in [0.29, 0.717) is 30.8 Å². The molecule has 0 bridgehead atoms. The molecule has 0 amide bonds. The number of hydrogen-bond donors (Lipinski definition) is 2. The fourth-order valence-electron chi connectivity index (χ4n) is 2.67. The van der Waals surface area contributed by atoms with Crippen molar-refractivity contribution in [1.82, 2.24) is 10.0 Å². The van der Waals surface area contributed by atoms with Gasteiger partial charge in [-0.15, -0.1) is 0 Å². The van der Waals surface area contributed by atoms with Gasteiger partial charge in [0.2, 0.25) is 5.09 Å². The van der Waals surface area contributed by atoms with Gasteiger partial charge in [0.25, 0.3) is 10.0 Å². The zero-order valence-electron chi connectivity index (χ0n) is 12.9. The minimum atomic E-state index is -3.51. The molecule has 5 nitrogen and oxygen atoms in total. The molecule has 0 radical (unpaired) electrons. The standard InChI is InChI=1S/C15H26N2O3S/c1-12(2)16-11-14-7-8-15(20-14)21(18,19)17-10-9-13-5-3-4-6-13/h7-8,12-13,16-17H,3-6,9-11H2,1-2H3. The summed E-state index contributed by atoms with van der Waals surface area (Å²) < 4.78 is 32.3. The molecule has 1 fully saturated rings. The maximum atomic E-state index is 12.1. The van der Waals surface area contributed by atoms with Crippen molar-refractivity contribution in [3.63, 3.8) is 0 Å². The van der Waals surface area contributed by atoms with Crippen LogP contribution in [0.15, 0.2) is 21.6 Å². The van der Waals surface area contributed by atoms with Crippen molar-refractivity contribution in [1.29, 1.82) is 0 Å². The number of furan rings is 1. The Kier molecular flexibility index (Phi) is 5.84. The van der Waals surface area contributed by atoms with Crippen molar-refractivity contribution in [2.24, 2.45) is 5.92 Å². The number of sulfonamides is 1. The van der Waals surface area contributed by atoms with Gasteiger partial charge in [-0.1, -0.05) is 39.5 Å². The summed E-state index contributed by atoms with van der Waals surface area (Å²) in [5.41, 5.74) is 0. The predicted octanol–water partition coefficient (Wildman–Crippen LogP) is 2.64. The Labute approximate surface area is 127 Å². The van der Waals surface area contributed by atoms with E-state index < -0.39 is 10.0 Å². The largest absolute Gasteiger partial charge is 0.447 e. The van der Waals surface area contributed by atoms with E-state index in [0.717, 1.165) is 6.42 Å². The second-order valence-electron chi connectivity index (χ2n) is 6.09. The van der Waals surface area contributed by atoms with Crippen LogP contribution in [0.4, 0.5) is 0 Å². The van der Waals surface area contributed by atoms with Crippen LogP contribution in [-0.2, 0) is 16.6 Å². The third kappa shape index (κ3) is 5.13. The first-order chi connectivity index (χ1) is 9.97. The molecule has 2 rings (SSSR count). The quantitative estimate of drug-likeness (QED) is 0.774. The van der Waals surface area contributed by atoms with E-state index >= 15 is 0 Å². The van der Waals surface area contributed by atoms with Crippen molar-refractivity contribution in [2.75, 3.05) is 6.54 Å². The van der Waals surface area contributed by atoms with Crippen LogP contribution >= 0.6 is 0 Å². The van der Waals surface area contributed by atoms with Crippen molar-refractivity contribution >= 4 is 10.0 Å². The summed E-state index contributed by atoms with van der Waals surface area (Å²) in [5.74, 6) is 1.31. The van der Waals surface area contributed by atoms with E-state index in [1.54, 1.807) is 6.07 Å². The van der Waals surface area contributed by atoms with Gasteiger partial charge >= 0.3 is 0 Å². The summed E-state index contributed by atoms with van der Waals surface area (Å²) in [6.45, 7) is 5.10. The normalized spacial score (nSPS) is 16.9.